The summed E-state index contributed by atoms with van der Waals surface area (Å²) in [5.74, 6) is 0. The van der Waals surface area contributed by atoms with Crippen molar-refractivity contribution in [3.05, 3.63) is 251 Å². The number of fused-ring (bicyclic) bond motifs is 2. The van der Waals surface area contributed by atoms with E-state index in [-0.39, 0.29) is 0 Å². The molecule has 0 fully saturated rings. The summed E-state index contributed by atoms with van der Waals surface area (Å²) in [5.41, 5.74) is 21.2. The minimum absolute atomic E-state index is 0.826. The normalized spacial score (nSPS) is 10.6. The molecule has 0 aliphatic rings. The Bertz CT molecular complexity index is 2710. The van der Waals surface area contributed by atoms with Crippen LogP contribution in [0.5, 0.6) is 0 Å². The van der Waals surface area contributed by atoms with Crippen molar-refractivity contribution in [3.8, 4) is 44.5 Å². The minimum atomic E-state index is -0.826. The molecule has 0 amide bonds. The van der Waals surface area contributed by atoms with Crippen LogP contribution in [-0.4, -0.2) is 9.52 Å². The summed E-state index contributed by atoms with van der Waals surface area (Å²) in [6, 6.07) is 75.9. The quantitative estimate of drug-likeness (QED) is 0.0946. The molecule has 0 spiro atoms. The Morgan fingerprint density at radius 2 is 0.632 bits per heavy atom. The van der Waals surface area contributed by atoms with Crippen molar-refractivity contribution in [1.82, 2.24) is 0 Å². The number of benzene rings is 8. The van der Waals surface area contributed by atoms with Crippen molar-refractivity contribution >= 4 is 48.1 Å². The van der Waals surface area contributed by atoms with E-state index in [9.17, 15) is 0 Å². The molecule has 0 aliphatic heterocycles. The van der Waals surface area contributed by atoms with Crippen LogP contribution in [0.2, 0.25) is 13.1 Å². The van der Waals surface area contributed by atoms with E-state index >= 15 is 0 Å². The van der Waals surface area contributed by atoms with Gasteiger partial charge in [0.1, 0.15) is 0 Å². The van der Waals surface area contributed by atoms with Crippen molar-refractivity contribution in [2.45, 2.75) is 66.5 Å². The Hall–Kier alpha value is -5.34. The van der Waals surface area contributed by atoms with Gasteiger partial charge in [0.15, 0.2) is 0 Å². The van der Waals surface area contributed by atoms with Crippen LogP contribution in [0.1, 0.15) is 44.5 Å². The second-order valence-corrected chi connectivity index (χ2v) is 22.4. The van der Waals surface area contributed by atoms with E-state index in [1.54, 1.807) is 0 Å². The fraction of sp³-hybridized carbons (Fsp3) is 0.156. The average molecular weight is 1020 g/mol. The van der Waals surface area contributed by atoms with E-state index in [0.717, 1.165) is 35.2 Å². The molecule has 338 valence electrons. The molecular formula is C64H60Cl2SiZr. The number of hydrogen-bond donors (Lipinski definition) is 0. The van der Waals surface area contributed by atoms with Gasteiger partial charge in [-0.15, -0.1) is 44.8 Å². The molecule has 4 heteroatoms. The van der Waals surface area contributed by atoms with Gasteiger partial charge in [-0.25, -0.2) is 0 Å². The van der Waals surface area contributed by atoms with Gasteiger partial charge in [0.2, 0.25) is 0 Å². The van der Waals surface area contributed by atoms with Gasteiger partial charge in [-0.2, -0.15) is 12.1 Å². The SMILES string of the molecule is C[Si]C.Cc1ccc(-c2ccc(-c3ccc(C)cc3)c3[cH-]c(CCc4ccccc4)cc23)cc1.Cc1ccc(-c2ccc(-c3ccc(C)cc3)c3[cH-]c(CCc4ccccc4)cc23)cc1.[Cl][Zr+2][Cl]. The van der Waals surface area contributed by atoms with E-state index in [4.69, 9.17) is 17.0 Å². The second kappa shape index (κ2) is 25.3. The third kappa shape index (κ3) is 13.5. The number of aryl methyl sites for hydroxylation is 8. The zero-order valence-corrected chi connectivity index (χ0v) is 45.2. The molecule has 10 rings (SSSR count). The molecule has 2 radical (unpaired) electrons. The molecule has 68 heavy (non-hydrogen) atoms. The van der Waals surface area contributed by atoms with Gasteiger partial charge in [0, 0.05) is 9.52 Å². The van der Waals surface area contributed by atoms with Gasteiger partial charge in [-0.3, -0.25) is 0 Å². The average Bonchev–Trinajstić information content (AvgIpc) is 4.00. The first-order chi connectivity index (χ1) is 33.2. The number of rotatable bonds is 10. The standard InChI is InChI=1S/2C31H27.C2H6Si.2ClH.Zr/c2*1-22-8-14-26(15-9-22)28-18-19-29(27-16-10-23(2)11-17-27)31-21-25(20-30(28)31)13-12-24-6-4-3-5-7-24;1-3-2;;;/h2*3-11,14-21H,12-13H2,1-2H3;1-2H3;2*1H;/q2*-1;;;;+4/p-2. The van der Waals surface area contributed by atoms with Crippen molar-refractivity contribution < 1.29 is 20.8 Å². The second-order valence-electron chi connectivity index (χ2n) is 17.7. The maximum atomic E-state index is 4.93. The van der Waals surface area contributed by atoms with Crippen LogP contribution in [0.3, 0.4) is 0 Å². The van der Waals surface area contributed by atoms with Gasteiger partial charge >= 0.3 is 37.9 Å². The number of hydrogen-bond acceptors (Lipinski definition) is 0. The van der Waals surface area contributed by atoms with Crippen LogP contribution < -0.4 is 0 Å². The molecule has 0 atom stereocenters. The van der Waals surface area contributed by atoms with E-state index < -0.39 is 20.8 Å². The molecule has 0 saturated carbocycles. The first-order valence-corrected chi connectivity index (χ1v) is 31.9. The monoisotopic (exact) mass is 1020 g/mol. The van der Waals surface area contributed by atoms with Gasteiger partial charge in [-0.1, -0.05) is 251 Å². The summed E-state index contributed by atoms with van der Waals surface area (Å²) in [7, 11) is 11.0. The first-order valence-electron chi connectivity index (χ1n) is 23.5. The van der Waals surface area contributed by atoms with Crippen molar-refractivity contribution in [2.75, 3.05) is 0 Å². The van der Waals surface area contributed by atoms with Gasteiger partial charge in [0.05, 0.1) is 0 Å². The van der Waals surface area contributed by atoms with Crippen LogP contribution in [0.25, 0.3) is 66.1 Å². The third-order valence-corrected chi connectivity index (χ3v) is 12.4. The topological polar surface area (TPSA) is 0 Å². The Morgan fingerprint density at radius 3 is 0.926 bits per heavy atom. The molecule has 0 unspecified atom stereocenters. The molecule has 10 aromatic carbocycles. The van der Waals surface area contributed by atoms with E-state index in [1.807, 2.05) is 0 Å². The van der Waals surface area contributed by atoms with Crippen molar-refractivity contribution in [1.29, 1.82) is 0 Å². The zero-order chi connectivity index (χ0) is 47.8. The molecule has 0 heterocycles. The molecule has 0 nitrogen and oxygen atoms in total. The Kier molecular flexibility index (Phi) is 18.8. The summed E-state index contributed by atoms with van der Waals surface area (Å²) in [6.07, 6.45) is 4.24. The first kappa shape index (κ1) is 50.5. The van der Waals surface area contributed by atoms with E-state index in [2.05, 4.69) is 247 Å². The van der Waals surface area contributed by atoms with Crippen molar-refractivity contribution in [3.63, 3.8) is 0 Å². The van der Waals surface area contributed by atoms with Crippen LogP contribution in [0, 0.1) is 27.7 Å². The van der Waals surface area contributed by atoms with E-state index in [0.29, 0.717) is 0 Å². The summed E-state index contributed by atoms with van der Waals surface area (Å²) < 4.78 is 0. The van der Waals surface area contributed by atoms with Crippen LogP contribution in [0.4, 0.5) is 0 Å². The Morgan fingerprint density at radius 1 is 0.368 bits per heavy atom. The van der Waals surface area contributed by atoms with Gasteiger partial charge in [0.25, 0.3) is 0 Å². The number of halogens is 2. The summed E-state index contributed by atoms with van der Waals surface area (Å²) in [4.78, 5) is 0. The maximum absolute atomic E-state index is 4.93. The predicted molar refractivity (Wildman–Crippen MR) is 297 cm³/mol. The van der Waals surface area contributed by atoms with Gasteiger partial charge < -0.3 is 0 Å². The predicted octanol–water partition coefficient (Wildman–Crippen LogP) is 18.8. The van der Waals surface area contributed by atoms with E-state index in [1.165, 1.54) is 111 Å². The summed E-state index contributed by atoms with van der Waals surface area (Å²) in [5, 5.41) is 5.41. The molecule has 0 N–H and O–H groups in total. The Labute approximate surface area is 427 Å². The summed E-state index contributed by atoms with van der Waals surface area (Å²) in [6.45, 7) is 12.9. The fourth-order valence-corrected chi connectivity index (χ4v) is 8.81. The van der Waals surface area contributed by atoms with Crippen LogP contribution >= 0.6 is 17.0 Å². The molecule has 10 aromatic rings. The molecular weight excluding hydrogens is 959 g/mol. The molecule has 0 bridgehead atoms. The molecule has 0 saturated heterocycles. The molecule has 0 aliphatic carbocycles. The van der Waals surface area contributed by atoms with Gasteiger partial charge in [-0.05, 0) is 75.6 Å². The van der Waals surface area contributed by atoms with Crippen LogP contribution in [-0.2, 0) is 46.5 Å². The molecule has 0 aromatic heterocycles. The summed E-state index contributed by atoms with van der Waals surface area (Å²) >= 11 is -0.826. The Balaban J connectivity index is 0.000000181. The fourth-order valence-electron chi connectivity index (χ4n) is 8.81. The zero-order valence-electron chi connectivity index (χ0n) is 40.2. The third-order valence-electron chi connectivity index (χ3n) is 12.4. The van der Waals surface area contributed by atoms with Crippen LogP contribution in [0.15, 0.2) is 206 Å². The van der Waals surface area contributed by atoms with Crippen molar-refractivity contribution in [2.24, 2.45) is 0 Å².